The van der Waals surface area contributed by atoms with E-state index in [2.05, 4.69) is 29.5 Å². The van der Waals surface area contributed by atoms with Crippen LogP contribution < -0.4 is 0 Å². The lowest BCUT2D eigenvalue weighted by Crippen LogP contribution is -2.30. The zero-order valence-electron chi connectivity index (χ0n) is 8.91. The van der Waals surface area contributed by atoms with Crippen molar-refractivity contribution in [2.45, 2.75) is 32.1 Å². The molecule has 0 unspecified atom stereocenters. The monoisotopic (exact) mass is 190 g/mol. The first-order chi connectivity index (χ1) is 6.95. The third-order valence-corrected chi connectivity index (χ3v) is 3.13. The van der Waals surface area contributed by atoms with Crippen LogP contribution >= 0.6 is 0 Å². The summed E-state index contributed by atoms with van der Waals surface area (Å²) < 4.78 is 0. The van der Waals surface area contributed by atoms with Crippen LogP contribution in [0, 0.1) is 6.42 Å². The Morgan fingerprint density at radius 1 is 1.14 bits per heavy atom. The van der Waals surface area contributed by atoms with Crippen molar-refractivity contribution in [3.05, 3.63) is 30.2 Å². The Bertz CT molecular complexity index is 221. The molecule has 0 saturated carbocycles. The molecule has 2 rings (SSSR count). The number of hydrogen-bond acceptors (Lipinski definition) is 1. The van der Waals surface area contributed by atoms with Crippen molar-refractivity contribution in [3.63, 3.8) is 0 Å². The zero-order valence-corrected chi connectivity index (χ0v) is 8.91. The topological polar surface area (TPSA) is 3.24 Å². The number of piperidine rings is 1. The van der Waals surface area contributed by atoms with Gasteiger partial charge >= 0.3 is 0 Å². The average Bonchev–Trinajstić information content (AvgIpc) is 2.29. The number of rotatable bonds is 3. The largest absolute Gasteiger partial charge is 0.303 e. The van der Waals surface area contributed by atoms with Gasteiger partial charge in [-0.2, -0.15) is 0 Å². The summed E-state index contributed by atoms with van der Waals surface area (Å²) in [6, 6.07) is 0. The molecule has 0 aromatic rings. The Hall–Kier alpha value is -0.560. The zero-order chi connectivity index (χ0) is 9.64. The fourth-order valence-corrected chi connectivity index (χ4v) is 2.21. The van der Waals surface area contributed by atoms with Gasteiger partial charge in [-0.25, -0.2) is 0 Å². The van der Waals surface area contributed by atoms with Crippen molar-refractivity contribution in [2.75, 3.05) is 19.6 Å². The second kappa shape index (κ2) is 5.35. The van der Waals surface area contributed by atoms with Crippen molar-refractivity contribution in [1.29, 1.82) is 0 Å². The van der Waals surface area contributed by atoms with E-state index >= 15 is 0 Å². The minimum atomic E-state index is 1.13. The molecule has 0 amide bonds. The maximum absolute atomic E-state index is 2.61. The normalized spacial score (nSPS) is 23.6. The van der Waals surface area contributed by atoms with E-state index < -0.39 is 0 Å². The van der Waals surface area contributed by atoms with Gasteiger partial charge in [0.25, 0.3) is 0 Å². The molecule has 0 bridgehead atoms. The van der Waals surface area contributed by atoms with Crippen LogP contribution in [0.25, 0.3) is 0 Å². The van der Waals surface area contributed by atoms with Crippen LogP contribution in [0.15, 0.2) is 23.8 Å². The molecule has 1 nitrogen and oxygen atoms in total. The van der Waals surface area contributed by atoms with E-state index in [-0.39, 0.29) is 0 Å². The third-order valence-electron chi connectivity index (χ3n) is 3.13. The first-order valence-corrected chi connectivity index (χ1v) is 5.86. The van der Waals surface area contributed by atoms with Gasteiger partial charge in [0.1, 0.15) is 0 Å². The van der Waals surface area contributed by atoms with Gasteiger partial charge in [0.15, 0.2) is 0 Å². The summed E-state index contributed by atoms with van der Waals surface area (Å²) >= 11 is 0. The molecule has 2 aliphatic rings. The van der Waals surface area contributed by atoms with Crippen molar-refractivity contribution in [2.24, 2.45) is 0 Å². The molecule has 14 heavy (non-hydrogen) atoms. The number of likely N-dealkylation sites (tertiary alicyclic amines) is 1. The molecule has 77 valence electrons. The van der Waals surface area contributed by atoms with Crippen LogP contribution in [-0.2, 0) is 0 Å². The Labute approximate surface area is 87.5 Å². The van der Waals surface area contributed by atoms with Gasteiger partial charge < -0.3 is 4.90 Å². The molecule has 1 heterocycles. The molecule has 1 fully saturated rings. The number of hydrogen-bond donors (Lipinski definition) is 0. The lowest BCUT2D eigenvalue weighted by Gasteiger charge is -2.26. The molecule has 1 saturated heterocycles. The van der Waals surface area contributed by atoms with Gasteiger partial charge in [-0.3, -0.25) is 0 Å². The van der Waals surface area contributed by atoms with Crippen molar-refractivity contribution in [1.82, 2.24) is 4.90 Å². The maximum atomic E-state index is 2.61. The fourth-order valence-electron chi connectivity index (χ4n) is 2.21. The highest BCUT2D eigenvalue weighted by Crippen LogP contribution is 2.15. The second-order valence-corrected chi connectivity index (χ2v) is 4.26. The highest BCUT2D eigenvalue weighted by molar-refractivity contribution is 5.26. The summed E-state index contributed by atoms with van der Waals surface area (Å²) in [7, 11) is 0. The summed E-state index contributed by atoms with van der Waals surface area (Å²) in [5.41, 5.74) is 1.53. The Kier molecular flexibility index (Phi) is 3.81. The summed E-state index contributed by atoms with van der Waals surface area (Å²) in [6.07, 6.45) is 15.6. The van der Waals surface area contributed by atoms with E-state index in [1.54, 1.807) is 0 Å². The molecule has 0 aromatic heterocycles. The number of allylic oxidation sites excluding steroid dienone is 3. The highest BCUT2D eigenvalue weighted by Gasteiger charge is 2.09. The standard InChI is InChI=1S/C13H20N/c1-3-7-13(8-4-1)9-12-14-10-5-2-6-11-14/h1,3,7-8H,2,4-6,9-12H2. The van der Waals surface area contributed by atoms with Gasteiger partial charge in [0.2, 0.25) is 0 Å². The van der Waals surface area contributed by atoms with E-state index in [1.807, 2.05) is 0 Å². The SMILES string of the molecule is [CH]1C=CC(CCN2CCCCC2)=CC1. The van der Waals surface area contributed by atoms with Gasteiger partial charge in [0.05, 0.1) is 0 Å². The van der Waals surface area contributed by atoms with Crippen LogP contribution in [0.1, 0.15) is 32.1 Å². The molecule has 1 aliphatic carbocycles. The van der Waals surface area contributed by atoms with Gasteiger partial charge in [-0.05, 0) is 45.2 Å². The molecular weight excluding hydrogens is 170 g/mol. The lowest BCUT2D eigenvalue weighted by molar-refractivity contribution is 0.232. The Morgan fingerprint density at radius 3 is 2.71 bits per heavy atom. The lowest BCUT2D eigenvalue weighted by atomic mass is 10.0. The van der Waals surface area contributed by atoms with Crippen LogP contribution in [0.5, 0.6) is 0 Å². The van der Waals surface area contributed by atoms with E-state index in [0.717, 1.165) is 6.42 Å². The molecular formula is C13H20N. The first-order valence-electron chi connectivity index (χ1n) is 5.86. The summed E-state index contributed by atoms with van der Waals surface area (Å²) in [4.78, 5) is 2.61. The quantitative estimate of drug-likeness (QED) is 0.661. The van der Waals surface area contributed by atoms with Crippen LogP contribution in [0.2, 0.25) is 0 Å². The van der Waals surface area contributed by atoms with Gasteiger partial charge in [-0.1, -0.05) is 30.2 Å². The van der Waals surface area contributed by atoms with Crippen LogP contribution in [-0.4, -0.2) is 24.5 Å². The van der Waals surface area contributed by atoms with E-state index in [4.69, 9.17) is 0 Å². The molecule has 1 aliphatic heterocycles. The van der Waals surface area contributed by atoms with Crippen LogP contribution in [0.4, 0.5) is 0 Å². The summed E-state index contributed by atoms with van der Waals surface area (Å²) in [5.74, 6) is 0. The van der Waals surface area contributed by atoms with Crippen molar-refractivity contribution < 1.29 is 0 Å². The van der Waals surface area contributed by atoms with Crippen molar-refractivity contribution in [3.8, 4) is 0 Å². The molecule has 1 heteroatoms. The Balaban J connectivity index is 1.70. The van der Waals surface area contributed by atoms with E-state index in [9.17, 15) is 0 Å². The molecule has 1 radical (unpaired) electrons. The van der Waals surface area contributed by atoms with Crippen molar-refractivity contribution >= 4 is 0 Å². The maximum Gasteiger partial charge on any atom is 0.00217 e. The minimum absolute atomic E-state index is 1.13. The highest BCUT2D eigenvalue weighted by atomic mass is 15.1. The third kappa shape index (κ3) is 2.98. The fraction of sp³-hybridized carbons (Fsp3) is 0.615. The number of nitrogens with zero attached hydrogens (tertiary/aromatic N) is 1. The summed E-state index contributed by atoms with van der Waals surface area (Å²) in [5, 5.41) is 0. The van der Waals surface area contributed by atoms with Gasteiger partial charge in [0, 0.05) is 6.54 Å². The summed E-state index contributed by atoms with van der Waals surface area (Å²) in [6.45, 7) is 3.91. The molecule has 0 aromatic carbocycles. The predicted octanol–water partition coefficient (Wildman–Crippen LogP) is 2.95. The average molecular weight is 190 g/mol. The Morgan fingerprint density at radius 2 is 2.00 bits per heavy atom. The molecule has 0 N–H and O–H groups in total. The van der Waals surface area contributed by atoms with Gasteiger partial charge in [-0.15, -0.1) is 0 Å². The molecule has 0 atom stereocenters. The first kappa shape index (κ1) is 9.97. The predicted molar refractivity (Wildman–Crippen MR) is 61.0 cm³/mol. The van der Waals surface area contributed by atoms with Crippen LogP contribution in [0.3, 0.4) is 0 Å². The molecule has 0 spiro atoms. The second-order valence-electron chi connectivity index (χ2n) is 4.26. The smallest absolute Gasteiger partial charge is 0.00217 e. The van der Waals surface area contributed by atoms with E-state index in [0.29, 0.717) is 0 Å². The minimum Gasteiger partial charge on any atom is -0.303 e. The van der Waals surface area contributed by atoms with E-state index in [1.165, 1.54) is 50.9 Å².